The van der Waals surface area contributed by atoms with Crippen LogP contribution in [0, 0.1) is 0 Å². The molecule has 0 aliphatic heterocycles. The fourth-order valence-corrected chi connectivity index (χ4v) is 1.46. The van der Waals surface area contributed by atoms with E-state index in [1.54, 1.807) is 0 Å². The van der Waals surface area contributed by atoms with Crippen molar-refractivity contribution in [2.45, 2.75) is 6.18 Å². The number of halogens is 4. The molecule has 0 fully saturated rings. The molecular formula is C9H5BrF3N3. The smallest absolute Gasteiger partial charge is 0.253 e. The van der Waals surface area contributed by atoms with Gasteiger partial charge in [-0.3, -0.25) is 5.10 Å². The number of alkyl halides is 3. The Morgan fingerprint density at radius 2 is 2.00 bits per heavy atom. The first-order valence-electron chi connectivity index (χ1n) is 4.22. The van der Waals surface area contributed by atoms with Crippen LogP contribution in [0.2, 0.25) is 0 Å². The van der Waals surface area contributed by atoms with Crippen LogP contribution in [0.15, 0.2) is 29.0 Å². The van der Waals surface area contributed by atoms with Crippen LogP contribution >= 0.6 is 15.9 Å². The number of H-pyrrole nitrogens is 1. The standard InChI is InChI=1S/C9H5BrF3N3/c10-8-14-7(15-16-8)5-2-1-3-6(4-5)9(11,12)13/h1-4H,(H,14,15,16). The quantitative estimate of drug-likeness (QED) is 0.876. The highest BCUT2D eigenvalue weighted by Gasteiger charge is 2.30. The van der Waals surface area contributed by atoms with Crippen molar-refractivity contribution in [2.24, 2.45) is 0 Å². The van der Waals surface area contributed by atoms with Gasteiger partial charge in [-0.1, -0.05) is 12.1 Å². The summed E-state index contributed by atoms with van der Waals surface area (Å²) in [5.41, 5.74) is -0.400. The second-order valence-electron chi connectivity index (χ2n) is 3.03. The molecule has 84 valence electrons. The molecule has 2 rings (SSSR count). The maximum absolute atomic E-state index is 12.4. The van der Waals surface area contributed by atoms with Gasteiger partial charge in [0, 0.05) is 5.56 Å². The monoisotopic (exact) mass is 291 g/mol. The maximum Gasteiger partial charge on any atom is 0.416 e. The van der Waals surface area contributed by atoms with Crippen LogP contribution in [0.25, 0.3) is 11.4 Å². The van der Waals surface area contributed by atoms with E-state index in [0.717, 1.165) is 12.1 Å². The van der Waals surface area contributed by atoms with Crippen LogP contribution in [0.3, 0.4) is 0 Å². The van der Waals surface area contributed by atoms with Crippen molar-refractivity contribution in [3.8, 4) is 11.4 Å². The second-order valence-corrected chi connectivity index (χ2v) is 3.78. The maximum atomic E-state index is 12.4. The van der Waals surface area contributed by atoms with Crippen LogP contribution in [0.5, 0.6) is 0 Å². The molecule has 0 aliphatic rings. The molecule has 0 atom stereocenters. The van der Waals surface area contributed by atoms with Crippen molar-refractivity contribution in [3.05, 3.63) is 34.6 Å². The summed E-state index contributed by atoms with van der Waals surface area (Å²) in [6.45, 7) is 0. The Bertz CT molecular complexity index is 507. The molecule has 0 saturated heterocycles. The Balaban J connectivity index is 2.44. The van der Waals surface area contributed by atoms with Crippen LogP contribution in [-0.2, 0) is 6.18 Å². The Labute approximate surface area is 96.8 Å². The van der Waals surface area contributed by atoms with E-state index in [4.69, 9.17) is 0 Å². The third-order valence-electron chi connectivity index (χ3n) is 1.91. The van der Waals surface area contributed by atoms with E-state index in [1.165, 1.54) is 12.1 Å². The van der Waals surface area contributed by atoms with Crippen LogP contribution < -0.4 is 0 Å². The van der Waals surface area contributed by atoms with Crippen molar-refractivity contribution >= 4 is 15.9 Å². The predicted octanol–water partition coefficient (Wildman–Crippen LogP) is 3.25. The topological polar surface area (TPSA) is 41.6 Å². The van der Waals surface area contributed by atoms with Gasteiger partial charge in [0.15, 0.2) is 10.6 Å². The molecule has 3 nitrogen and oxygen atoms in total. The minimum atomic E-state index is -4.36. The lowest BCUT2D eigenvalue weighted by Gasteiger charge is -2.06. The zero-order valence-electron chi connectivity index (χ0n) is 7.72. The van der Waals surface area contributed by atoms with Gasteiger partial charge in [0.1, 0.15) is 0 Å². The molecule has 0 amide bonds. The molecule has 1 N–H and O–H groups in total. The summed E-state index contributed by atoms with van der Waals surface area (Å²) < 4.78 is 37.7. The SMILES string of the molecule is FC(F)(F)c1cccc(-c2n[nH]c(Br)n2)c1. The third kappa shape index (κ3) is 2.24. The Hall–Kier alpha value is -1.37. The third-order valence-corrected chi connectivity index (χ3v) is 2.26. The summed E-state index contributed by atoms with van der Waals surface area (Å²) in [5.74, 6) is 0.220. The average Bonchev–Trinajstić information content (AvgIpc) is 2.64. The summed E-state index contributed by atoms with van der Waals surface area (Å²) >= 11 is 3.04. The van der Waals surface area contributed by atoms with E-state index < -0.39 is 11.7 Å². The van der Waals surface area contributed by atoms with Gasteiger partial charge in [-0.25, -0.2) is 4.98 Å². The molecule has 0 saturated carbocycles. The van der Waals surface area contributed by atoms with Gasteiger partial charge in [-0.15, -0.1) is 0 Å². The van der Waals surface area contributed by atoms with Crippen molar-refractivity contribution < 1.29 is 13.2 Å². The molecule has 0 unspecified atom stereocenters. The Morgan fingerprint density at radius 1 is 1.25 bits per heavy atom. The van der Waals surface area contributed by atoms with Gasteiger partial charge in [0.2, 0.25) is 0 Å². The van der Waals surface area contributed by atoms with Crippen molar-refractivity contribution in [1.82, 2.24) is 15.2 Å². The molecule has 0 radical (unpaired) electrons. The van der Waals surface area contributed by atoms with E-state index >= 15 is 0 Å². The zero-order chi connectivity index (χ0) is 11.8. The van der Waals surface area contributed by atoms with Gasteiger partial charge < -0.3 is 0 Å². The van der Waals surface area contributed by atoms with Crippen molar-refractivity contribution in [2.75, 3.05) is 0 Å². The van der Waals surface area contributed by atoms with Crippen LogP contribution in [0.4, 0.5) is 13.2 Å². The second kappa shape index (κ2) is 3.89. The summed E-state index contributed by atoms with van der Waals surface area (Å²) in [4.78, 5) is 3.89. The highest BCUT2D eigenvalue weighted by atomic mass is 79.9. The lowest BCUT2D eigenvalue weighted by molar-refractivity contribution is -0.137. The van der Waals surface area contributed by atoms with Gasteiger partial charge in [0.25, 0.3) is 0 Å². The van der Waals surface area contributed by atoms with E-state index in [0.29, 0.717) is 10.3 Å². The first kappa shape index (κ1) is 11.1. The molecule has 7 heteroatoms. The normalized spacial score (nSPS) is 11.8. The molecule has 0 spiro atoms. The van der Waals surface area contributed by atoms with Crippen LogP contribution in [0.1, 0.15) is 5.56 Å². The number of hydrogen-bond acceptors (Lipinski definition) is 2. The molecule has 0 bridgehead atoms. The largest absolute Gasteiger partial charge is 0.416 e. The van der Waals surface area contributed by atoms with Crippen molar-refractivity contribution in [1.29, 1.82) is 0 Å². The number of rotatable bonds is 1. The number of aromatic nitrogens is 3. The van der Waals surface area contributed by atoms with Gasteiger partial charge in [-0.05, 0) is 28.1 Å². The fraction of sp³-hybridized carbons (Fsp3) is 0.111. The predicted molar refractivity (Wildman–Crippen MR) is 54.5 cm³/mol. The number of aromatic amines is 1. The Morgan fingerprint density at radius 3 is 2.56 bits per heavy atom. The highest BCUT2D eigenvalue weighted by Crippen LogP contribution is 2.31. The van der Waals surface area contributed by atoms with E-state index in [-0.39, 0.29) is 5.82 Å². The van der Waals surface area contributed by atoms with Gasteiger partial charge in [0.05, 0.1) is 5.56 Å². The van der Waals surface area contributed by atoms with Gasteiger partial charge >= 0.3 is 6.18 Å². The summed E-state index contributed by atoms with van der Waals surface area (Å²) in [6.07, 6.45) is -4.36. The average molecular weight is 292 g/mol. The van der Waals surface area contributed by atoms with Crippen LogP contribution in [-0.4, -0.2) is 15.2 Å². The van der Waals surface area contributed by atoms with E-state index in [1.807, 2.05) is 0 Å². The van der Waals surface area contributed by atoms with E-state index in [2.05, 4.69) is 31.1 Å². The summed E-state index contributed by atoms with van der Waals surface area (Å²) in [7, 11) is 0. The lowest BCUT2D eigenvalue weighted by Crippen LogP contribution is -2.04. The first-order chi connectivity index (χ1) is 7.47. The number of nitrogens with one attached hydrogen (secondary N) is 1. The first-order valence-corrected chi connectivity index (χ1v) is 5.01. The molecule has 1 aromatic carbocycles. The molecular weight excluding hydrogens is 287 g/mol. The highest BCUT2D eigenvalue weighted by molar-refractivity contribution is 9.10. The molecule has 0 aliphatic carbocycles. The Kier molecular flexibility index (Phi) is 2.71. The summed E-state index contributed by atoms with van der Waals surface area (Å²) in [6, 6.07) is 4.86. The van der Waals surface area contributed by atoms with Crippen molar-refractivity contribution in [3.63, 3.8) is 0 Å². The zero-order valence-corrected chi connectivity index (χ0v) is 9.30. The number of nitrogens with zero attached hydrogens (tertiary/aromatic N) is 2. The van der Waals surface area contributed by atoms with Gasteiger partial charge in [-0.2, -0.15) is 18.3 Å². The molecule has 2 aromatic rings. The molecule has 16 heavy (non-hydrogen) atoms. The molecule has 1 aromatic heterocycles. The number of hydrogen-bond donors (Lipinski definition) is 1. The minimum Gasteiger partial charge on any atom is -0.253 e. The fourth-order valence-electron chi connectivity index (χ4n) is 1.21. The summed E-state index contributed by atoms with van der Waals surface area (Å²) in [5, 5.41) is 6.26. The molecule has 1 heterocycles. The number of benzene rings is 1. The minimum absolute atomic E-state index is 0.220. The lowest BCUT2D eigenvalue weighted by atomic mass is 10.1. The van der Waals surface area contributed by atoms with E-state index in [9.17, 15) is 13.2 Å².